The van der Waals surface area contributed by atoms with E-state index in [1.165, 1.54) is 17.7 Å². The van der Waals surface area contributed by atoms with Crippen LogP contribution >= 0.6 is 0 Å². The number of aryl methyl sites for hydroxylation is 2. The highest BCUT2D eigenvalue weighted by atomic mass is 19.1. The van der Waals surface area contributed by atoms with Crippen molar-refractivity contribution >= 4 is 10.8 Å². The molecule has 128 valence electrons. The number of hydrogen-bond donors (Lipinski definition) is 0. The molecule has 0 aliphatic carbocycles. The van der Waals surface area contributed by atoms with Gasteiger partial charge < -0.3 is 4.57 Å². The van der Waals surface area contributed by atoms with Gasteiger partial charge in [-0.1, -0.05) is 48.5 Å². The van der Waals surface area contributed by atoms with E-state index in [0.29, 0.717) is 11.9 Å². The summed E-state index contributed by atoms with van der Waals surface area (Å²) in [6.07, 6.45) is 2.65. The Balaban J connectivity index is 1.66. The number of benzene rings is 3. The quantitative estimate of drug-likeness (QED) is 0.508. The maximum atomic E-state index is 13.5. The predicted molar refractivity (Wildman–Crippen MR) is 104 cm³/mol. The van der Waals surface area contributed by atoms with Gasteiger partial charge in [0.1, 0.15) is 5.82 Å². The van der Waals surface area contributed by atoms with Crippen LogP contribution in [0.5, 0.6) is 0 Å². The SMILES string of the molecule is O=c1c2ccc(-c3cccc(F)c3)cc2ccn1CCc1ccccc1. The van der Waals surface area contributed by atoms with E-state index >= 15 is 0 Å². The third kappa shape index (κ3) is 3.29. The Morgan fingerprint density at radius 3 is 2.42 bits per heavy atom. The molecule has 26 heavy (non-hydrogen) atoms. The summed E-state index contributed by atoms with van der Waals surface area (Å²) in [5.74, 6) is -0.265. The van der Waals surface area contributed by atoms with Crippen LogP contribution in [0.4, 0.5) is 4.39 Å². The molecule has 0 fully saturated rings. The second kappa shape index (κ2) is 6.96. The first-order valence-electron chi connectivity index (χ1n) is 8.64. The number of fused-ring (bicyclic) bond motifs is 1. The fourth-order valence-electron chi connectivity index (χ4n) is 3.21. The van der Waals surface area contributed by atoms with Crippen LogP contribution in [0.3, 0.4) is 0 Å². The van der Waals surface area contributed by atoms with Crippen molar-refractivity contribution in [2.45, 2.75) is 13.0 Å². The molecule has 3 aromatic carbocycles. The van der Waals surface area contributed by atoms with Crippen LogP contribution < -0.4 is 5.56 Å². The Kier molecular flexibility index (Phi) is 4.36. The van der Waals surface area contributed by atoms with Gasteiger partial charge >= 0.3 is 0 Å². The highest BCUT2D eigenvalue weighted by molar-refractivity contribution is 5.86. The van der Waals surface area contributed by atoms with Crippen LogP contribution in [0, 0.1) is 5.82 Å². The number of rotatable bonds is 4. The molecule has 1 aromatic heterocycles. The highest BCUT2D eigenvalue weighted by Gasteiger charge is 2.06. The molecule has 0 bridgehead atoms. The summed E-state index contributed by atoms with van der Waals surface area (Å²) in [5.41, 5.74) is 2.92. The summed E-state index contributed by atoms with van der Waals surface area (Å²) in [6.45, 7) is 0.643. The van der Waals surface area contributed by atoms with Crippen LogP contribution in [-0.4, -0.2) is 4.57 Å². The molecule has 0 N–H and O–H groups in total. The van der Waals surface area contributed by atoms with E-state index in [4.69, 9.17) is 0 Å². The van der Waals surface area contributed by atoms with Gasteiger partial charge in [-0.05, 0) is 58.8 Å². The number of halogens is 1. The van der Waals surface area contributed by atoms with Gasteiger partial charge in [0.05, 0.1) is 0 Å². The number of hydrogen-bond acceptors (Lipinski definition) is 1. The second-order valence-electron chi connectivity index (χ2n) is 6.36. The van der Waals surface area contributed by atoms with Gasteiger partial charge in [-0.3, -0.25) is 4.79 Å². The lowest BCUT2D eigenvalue weighted by molar-refractivity contribution is 0.628. The molecule has 4 aromatic rings. The summed E-state index contributed by atoms with van der Waals surface area (Å²) in [6, 6.07) is 24.2. The van der Waals surface area contributed by atoms with Crippen molar-refractivity contribution in [2.24, 2.45) is 0 Å². The minimum absolute atomic E-state index is 0.00391. The van der Waals surface area contributed by atoms with E-state index in [9.17, 15) is 9.18 Å². The lowest BCUT2D eigenvalue weighted by Gasteiger charge is -2.09. The van der Waals surface area contributed by atoms with Gasteiger partial charge in [-0.2, -0.15) is 0 Å². The maximum absolute atomic E-state index is 13.5. The molecule has 0 aliphatic heterocycles. The van der Waals surface area contributed by atoms with Crippen LogP contribution in [0.25, 0.3) is 21.9 Å². The fraction of sp³-hybridized carbons (Fsp3) is 0.0870. The molecule has 0 amide bonds. The minimum Gasteiger partial charge on any atom is -0.315 e. The monoisotopic (exact) mass is 343 g/mol. The molecule has 0 saturated carbocycles. The predicted octanol–water partition coefficient (Wildman–Crippen LogP) is 5.05. The summed E-state index contributed by atoms with van der Waals surface area (Å²) in [5, 5.41) is 1.55. The van der Waals surface area contributed by atoms with Crippen molar-refractivity contribution in [2.75, 3.05) is 0 Å². The normalized spacial score (nSPS) is 11.0. The van der Waals surface area contributed by atoms with E-state index in [1.807, 2.05) is 54.7 Å². The van der Waals surface area contributed by atoms with E-state index in [0.717, 1.165) is 22.9 Å². The molecule has 0 spiro atoms. The topological polar surface area (TPSA) is 22.0 Å². The van der Waals surface area contributed by atoms with Gasteiger partial charge in [-0.25, -0.2) is 4.39 Å². The molecule has 0 atom stereocenters. The van der Waals surface area contributed by atoms with Crippen molar-refractivity contribution < 1.29 is 4.39 Å². The molecular formula is C23H18FNO. The fourth-order valence-corrected chi connectivity index (χ4v) is 3.21. The molecule has 3 heteroatoms. The molecule has 4 rings (SSSR count). The van der Waals surface area contributed by atoms with E-state index in [2.05, 4.69) is 12.1 Å². The van der Waals surface area contributed by atoms with Crippen molar-refractivity contribution in [3.63, 3.8) is 0 Å². The molecule has 0 aliphatic rings. The first-order chi connectivity index (χ1) is 12.7. The Morgan fingerprint density at radius 1 is 0.808 bits per heavy atom. The number of pyridine rings is 1. The number of nitrogens with zero attached hydrogens (tertiary/aromatic N) is 1. The lowest BCUT2D eigenvalue weighted by atomic mass is 10.0. The standard InChI is InChI=1S/C23H18FNO/c24-21-8-4-7-18(16-21)19-9-10-22-20(15-19)12-14-25(23(22)26)13-11-17-5-2-1-3-6-17/h1-10,12,14-16H,11,13H2. The van der Waals surface area contributed by atoms with Crippen LogP contribution in [0.2, 0.25) is 0 Å². The third-order valence-corrected chi connectivity index (χ3v) is 4.62. The highest BCUT2D eigenvalue weighted by Crippen LogP contribution is 2.23. The summed E-state index contributed by atoms with van der Waals surface area (Å²) in [7, 11) is 0. The molecule has 0 saturated heterocycles. The minimum atomic E-state index is -0.265. The molecule has 0 unspecified atom stereocenters. The smallest absolute Gasteiger partial charge is 0.258 e. The van der Waals surface area contributed by atoms with Crippen LogP contribution in [0.15, 0.2) is 89.9 Å². The zero-order valence-corrected chi connectivity index (χ0v) is 14.2. The molecule has 1 heterocycles. The first-order valence-corrected chi connectivity index (χ1v) is 8.64. The average Bonchev–Trinajstić information content (AvgIpc) is 2.68. The van der Waals surface area contributed by atoms with E-state index in [1.54, 1.807) is 10.6 Å². The average molecular weight is 343 g/mol. The largest absolute Gasteiger partial charge is 0.315 e. The van der Waals surface area contributed by atoms with Gasteiger partial charge in [0.15, 0.2) is 0 Å². The zero-order chi connectivity index (χ0) is 17.9. The molecule has 0 radical (unpaired) electrons. The third-order valence-electron chi connectivity index (χ3n) is 4.62. The Hall–Kier alpha value is -3.20. The van der Waals surface area contributed by atoms with E-state index in [-0.39, 0.29) is 11.4 Å². The Labute approximate surface area is 151 Å². The number of aromatic nitrogens is 1. The van der Waals surface area contributed by atoms with Gasteiger partial charge in [-0.15, -0.1) is 0 Å². The summed E-state index contributed by atoms with van der Waals surface area (Å²) >= 11 is 0. The summed E-state index contributed by atoms with van der Waals surface area (Å²) < 4.78 is 15.2. The van der Waals surface area contributed by atoms with Crippen molar-refractivity contribution in [1.29, 1.82) is 0 Å². The first kappa shape index (κ1) is 16.3. The van der Waals surface area contributed by atoms with Crippen molar-refractivity contribution in [3.8, 4) is 11.1 Å². The molecular weight excluding hydrogens is 325 g/mol. The summed E-state index contributed by atoms with van der Waals surface area (Å²) in [4.78, 5) is 12.8. The molecule has 2 nitrogen and oxygen atoms in total. The van der Waals surface area contributed by atoms with Crippen molar-refractivity contribution in [1.82, 2.24) is 4.57 Å². The maximum Gasteiger partial charge on any atom is 0.258 e. The van der Waals surface area contributed by atoms with Gasteiger partial charge in [0.2, 0.25) is 0 Å². The Bertz CT molecular complexity index is 1120. The van der Waals surface area contributed by atoms with E-state index < -0.39 is 0 Å². The van der Waals surface area contributed by atoms with Crippen LogP contribution in [-0.2, 0) is 13.0 Å². The second-order valence-corrected chi connectivity index (χ2v) is 6.36. The van der Waals surface area contributed by atoms with Gasteiger partial charge in [0, 0.05) is 18.1 Å². The van der Waals surface area contributed by atoms with Gasteiger partial charge in [0.25, 0.3) is 5.56 Å². The lowest BCUT2D eigenvalue weighted by Crippen LogP contribution is -2.20. The van der Waals surface area contributed by atoms with Crippen LogP contribution in [0.1, 0.15) is 5.56 Å². The Morgan fingerprint density at radius 2 is 1.62 bits per heavy atom. The zero-order valence-electron chi connectivity index (χ0n) is 14.2. The van der Waals surface area contributed by atoms with Crippen molar-refractivity contribution in [3.05, 3.63) is 107 Å².